The number of ketones is 1. The van der Waals surface area contributed by atoms with Gasteiger partial charge in [-0.2, -0.15) is 0 Å². The topological polar surface area (TPSA) is 91.6 Å². The Bertz CT molecular complexity index is 1140. The van der Waals surface area contributed by atoms with Gasteiger partial charge in [-0.15, -0.1) is 0 Å². The largest absolute Gasteiger partial charge is 0.508 e. The molecule has 0 spiro atoms. The molecule has 3 aromatic rings. The number of carbonyl (C=O) groups is 1. The number of phenolic OH excluding ortho intramolecular Hbond substituents is 1. The first-order valence-corrected chi connectivity index (χ1v) is 8.39. The number of hydrogen-bond donors (Lipinski definition) is 3. The fraction of sp³-hybridized carbons (Fsp3) is 0.143. The van der Waals surface area contributed by atoms with E-state index in [1.165, 1.54) is 16.7 Å². The van der Waals surface area contributed by atoms with Gasteiger partial charge in [0.25, 0.3) is 5.56 Å². The van der Waals surface area contributed by atoms with E-state index in [2.05, 4.69) is 5.32 Å². The van der Waals surface area contributed by atoms with E-state index in [0.717, 1.165) is 11.3 Å². The zero-order valence-corrected chi connectivity index (χ0v) is 15.3. The molecule has 0 atom stereocenters. The molecule has 6 nitrogen and oxygen atoms in total. The second kappa shape index (κ2) is 6.99. The fourth-order valence-corrected chi connectivity index (χ4v) is 3.01. The van der Waals surface area contributed by atoms with E-state index in [1.54, 1.807) is 50.4 Å². The van der Waals surface area contributed by atoms with E-state index in [0.29, 0.717) is 16.6 Å². The molecule has 0 amide bonds. The van der Waals surface area contributed by atoms with Crippen molar-refractivity contribution < 1.29 is 15.0 Å². The third-order valence-electron chi connectivity index (χ3n) is 4.41. The van der Waals surface area contributed by atoms with Crippen molar-refractivity contribution in [1.29, 1.82) is 0 Å². The summed E-state index contributed by atoms with van der Waals surface area (Å²) >= 11 is 0. The van der Waals surface area contributed by atoms with Crippen molar-refractivity contribution in [2.75, 3.05) is 5.32 Å². The minimum Gasteiger partial charge on any atom is -0.508 e. The molecule has 2 aromatic carbocycles. The van der Waals surface area contributed by atoms with Crippen molar-refractivity contribution in [3.05, 3.63) is 75.7 Å². The van der Waals surface area contributed by atoms with Crippen LogP contribution in [0.1, 0.15) is 22.8 Å². The van der Waals surface area contributed by atoms with E-state index < -0.39 is 11.3 Å². The van der Waals surface area contributed by atoms with Gasteiger partial charge in [0.1, 0.15) is 17.1 Å². The first-order valence-electron chi connectivity index (χ1n) is 8.39. The summed E-state index contributed by atoms with van der Waals surface area (Å²) in [5.74, 6) is -0.746. The van der Waals surface area contributed by atoms with Crippen molar-refractivity contribution >= 4 is 22.4 Å². The summed E-state index contributed by atoms with van der Waals surface area (Å²) in [5.41, 5.74) is 1.77. The number of rotatable bonds is 4. The highest BCUT2D eigenvalue weighted by Crippen LogP contribution is 2.27. The maximum Gasteiger partial charge on any atom is 0.265 e. The predicted molar refractivity (Wildman–Crippen MR) is 105 cm³/mol. The number of aromatic hydroxyl groups is 2. The summed E-state index contributed by atoms with van der Waals surface area (Å²) in [5, 5.41) is 23.5. The molecule has 1 heterocycles. The molecule has 0 saturated heterocycles. The number of benzene rings is 2. The van der Waals surface area contributed by atoms with Crippen LogP contribution in [0.4, 0.5) is 5.69 Å². The first-order chi connectivity index (χ1) is 12.8. The van der Waals surface area contributed by atoms with Crippen molar-refractivity contribution in [2.24, 2.45) is 7.05 Å². The molecule has 27 heavy (non-hydrogen) atoms. The highest BCUT2D eigenvalue weighted by molar-refractivity contribution is 6.09. The molecule has 0 aliphatic rings. The lowest BCUT2D eigenvalue weighted by Crippen LogP contribution is -2.24. The highest BCUT2D eigenvalue weighted by atomic mass is 16.3. The molecule has 0 fully saturated rings. The number of aryl methyl sites for hydroxylation is 2. The maximum atomic E-state index is 12.7. The van der Waals surface area contributed by atoms with Gasteiger partial charge in [0.15, 0.2) is 5.78 Å². The van der Waals surface area contributed by atoms with E-state index in [9.17, 15) is 19.8 Å². The van der Waals surface area contributed by atoms with Crippen LogP contribution in [0.3, 0.4) is 0 Å². The second-order valence-corrected chi connectivity index (χ2v) is 6.42. The monoisotopic (exact) mass is 364 g/mol. The summed E-state index contributed by atoms with van der Waals surface area (Å²) in [6.07, 6.45) is 1.28. The summed E-state index contributed by atoms with van der Waals surface area (Å²) in [7, 11) is 1.56. The molecular formula is C21H20N2O4. The van der Waals surface area contributed by atoms with Crippen LogP contribution in [0.15, 0.2) is 59.0 Å². The summed E-state index contributed by atoms with van der Waals surface area (Å²) < 4.78 is 1.35. The standard InChI is InChI=1S/C21H20N2O4/c1-12-10-14(24)8-9-16(12)22-13(2)11-18(25)19-20(26)15-6-4-5-7-17(15)23(3)21(19)27/h4-11,22,24,26H,1-3H3. The Morgan fingerprint density at radius 3 is 2.56 bits per heavy atom. The van der Waals surface area contributed by atoms with Crippen LogP contribution in [-0.4, -0.2) is 20.6 Å². The van der Waals surface area contributed by atoms with Gasteiger partial charge in [0.05, 0.1) is 5.52 Å². The quantitative estimate of drug-likeness (QED) is 0.375. The van der Waals surface area contributed by atoms with E-state index in [4.69, 9.17) is 0 Å². The average Bonchev–Trinajstić information content (AvgIpc) is 2.62. The van der Waals surface area contributed by atoms with Crippen LogP contribution in [0.5, 0.6) is 11.5 Å². The number of para-hydroxylation sites is 1. The van der Waals surface area contributed by atoms with E-state index in [1.807, 2.05) is 6.92 Å². The number of carbonyl (C=O) groups excluding carboxylic acids is 1. The van der Waals surface area contributed by atoms with Gasteiger partial charge in [-0.05, 0) is 49.7 Å². The Morgan fingerprint density at radius 2 is 1.85 bits per heavy atom. The third-order valence-corrected chi connectivity index (χ3v) is 4.41. The van der Waals surface area contributed by atoms with Gasteiger partial charge in [0, 0.05) is 29.9 Å². The van der Waals surface area contributed by atoms with Gasteiger partial charge in [-0.1, -0.05) is 12.1 Å². The molecule has 1 aromatic heterocycles. The van der Waals surface area contributed by atoms with Gasteiger partial charge >= 0.3 is 0 Å². The summed E-state index contributed by atoms with van der Waals surface area (Å²) in [6.45, 7) is 3.51. The normalized spacial score (nSPS) is 11.6. The molecule has 0 bridgehead atoms. The molecule has 6 heteroatoms. The van der Waals surface area contributed by atoms with E-state index in [-0.39, 0.29) is 17.1 Å². The van der Waals surface area contributed by atoms with Gasteiger partial charge in [0.2, 0.25) is 0 Å². The minimum absolute atomic E-state index is 0.153. The second-order valence-electron chi connectivity index (χ2n) is 6.42. The van der Waals surface area contributed by atoms with Crippen LogP contribution in [0.2, 0.25) is 0 Å². The Hall–Kier alpha value is -3.54. The molecular weight excluding hydrogens is 344 g/mol. The molecule has 0 aliphatic carbocycles. The lowest BCUT2D eigenvalue weighted by Gasteiger charge is -2.12. The molecule has 0 saturated carbocycles. The number of anilines is 1. The molecule has 0 radical (unpaired) electrons. The zero-order valence-electron chi connectivity index (χ0n) is 15.3. The number of phenols is 1. The number of hydrogen-bond acceptors (Lipinski definition) is 5. The minimum atomic E-state index is -0.583. The number of fused-ring (bicyclic) bond motifs is 1. The van der Waals surface area contributed by atoms with Crippen molar-refractivity contribution in [1.82, 2.24) is 4.57 Å². The number of aromatic nitrogens is 1. The first kappa shape index (κ1) is 18.3. The summed E-state index contributed by atoms with van der Waals surface area (Å²) in [4.78, 5) is 25.3. The highest BCUT2D eigenvalue weighted by Gasteiger charge is 2.19. The van der Waals surface area contributed by atoms with Crippen molar-refractivity contribution in [2.45, 2.75) is 13.8 Å². The van der Waals surface area contributed by atoms with E-state index >= 15 is 0 Å². The maximum absolute atomic E-state index is 12.7. The van der Waals surface area contributed by atoms with Crippen molar-refractivity contribution in [3.63, 3.8) is 0 Å². The summed E-state index contributed by atoms with van der Waals surface area (Å²) in [6, 6.07) is 11.7. The van der Waals surface area contributed by atoms with Crippen molar-refractivity contribution in [3.8, 4) is 11.5 Å². The zero-order chi connectivity index (χ0) is 19.7. The van der Waals surface area contributed by atoms with Gasteiger partial charge in [-0.3, -0.25) is 9.59 Å². The lowest BCUT2D eigenvalue weighted by molar-refractivity contribution is 0.104. The number of allylic oxidation sites excluding steroid dienone is 2. The number of pyridine rings is 1. The Morgan fingerprint density at radius 1 is 1.15 bits per heavy atom. The van der Waals surface area contributed by atoms with Gasteiger partial charge in [-0.25, -0.2) is 0 Å². The SMILES string of the molecule is CC(=CC(=O)c1c(O)c2ccccc2n(C)c1=O)Nc1ccc(O)cc1C. The smallest absolute Gasteiger partial charge is 0.265 e. The number of nitrogens with zero attached hydrogens (tertiary/aromatic N) is 1. The Labute approximate surface area is 156 Å². The fourth-order valence-electron chi connectivity index (χ4n) is 3.01. The van der Waals surface area contributed by atoms with Gasteiger partial charge < -0.3 is 20.1 Å². The molecule has 0 aliphatic heterocycles. The third kappa shape index (κ3) is 3.42. The van der Waals surface area contributed by atoms with Crippen LogP contribution in [0.25, 0.3) is 10.9 Å². The van der Waals surface area contributed by atoms with Crippen LogP contribution in [-0.2, 0) is 7.05 Å². The average molecular weight is 364 g/mol. The lowest BCUT2D eigenvalue weighted by atomic mass is 10.1. The molecule has 0 unspecified atom stereocenters. The molecule has 3 N–H and O–H groups in total. The predicted octanol–water partition coefficient (Wildman–Crippen LogP) is 3.46. The van der Waals surface area contributed by atoms with Crippen LogP contribution >= 0.6 is 0 Å². The molecule has 3 rings (SSSR count). The Kier molecular flexibility index (Phi) is 4.73. The number of nitrogens with one attached hydrogen (secondary N) is 1. The Balaban J connectivity index is 2.00. The van der Waals surface area contributed by atoms with Crippen LogP contribution < -0.4 is 10.9 Å². The van der Waals surface area contributed by atoms with Crippen LogP contribution in [0, 0.1) is 6.92 Å². The molecule has 138 valence electrons.